The van der Waals surface area contributed by atoms with E-state index in [1.165, 1.54) is 6.54 Å². The Kier molecular flexibility index (Phi) is 8.13. The molecule has 0 bridgehead atoms. The van der Waals surface area contributed by atoms with Crippen molar-refractivity contribution < 1.29 is 0 Å². The van der Waals surface area contributed by atoms with Crippen LogP contribution in [-0.2, 0) is 0 Å². The fourth-order valence-corrected chi connectivity index (χ4v) is 0.982. The third-order valence-corrected chi connectivity index (χ3v) is 2.33. The van der Waals surface area contributed by atoms with Crippen molar-refractivity contribution in [3.8, 4) is 0 Å². The fourth-order valence-electron chi connectivity index (χ4n) is 0.982. The van der Waals surface area contributed by atoms with Crippen molar-refractivity contribution in [2.75, 3.05) is 59.6 Å². The van der Waals surface area contributed by atoms with Crippen molar-refractivity contribution >= 4 is 17.7 Å². The molecule has 0 rings (SSSR count). The Morgan fingerprint density at radius 3 is 1.69 bits per heavy atom. The molecule has 0 atom stereocenters. The summed E-state index contributed by atoms with van der Waals surface area (Å²) in [5.41, 5.74) is 0. The molecule has 0 aromatic rings. The predicted octanol–water partition coefficient (Wildman–Crippen LogP) is -0.462. The van der Waals surface area contributed by atoms with Crippen LogP contribution in [0, 0.1) is 0 Å². The average molecular weight is 179 g/mol. The summed E-state index contributed by atoms with van der Waals surface area (Å²) >= 11 is 2.19. The van der Waals surface area contributed by atoms with Crippen LogP contribution >= 0.6 is 0 Å². The Hall–Kier alpha value is 0.477. The van der Waals surface area contributed by atoms with Crippen LogP contribution < -0.4 is 0 Å². The van der Waals surface area contributed by atoms with Crippen molar-refractivity contribution in [1.82, 2.24) is 14.7 Å². The van der Waals surface area contributed by atoms with Crippen molar-refractivity contribution in [2.24, 2.45) is 0 Å². The fraction of sp³-hybridized carbons (Fsp3) is 1.00. The Morgan fingerprint density at radius 2 is 1.23 bits per heavy atom. The second kappa shape index (κ2) is 7.84. The number of likely N-dealkylation sites (N-methyl/N-ethyl adjacent to an activating group) is 3. The minimum absolute atomic E-state index is 1.14. The van der Waals surface area contributed by atoms with Gasteiger partial charge in [0, 0.05) is 0 Å². The molecule has 0 saturated carbocycles. The van der Waals surface area contributed by atoms with Crippen LogP contribution in [0.5, 0.6) is 0 Å². The SMILES string of the molecule is [Li][CH2]N(C)CCN(C)CCN(C)C. The van der Waals surface area contributed by atoms with Crippen LogP contribution in [0.2, 0.25) is 0 Å². The van der Waals surface area contributed by atoms with Gasteiger partial charge in [0.2, 0.25) is 0 Å². The van der Waals surface area contributed by atoms with E-state index in [-0.39, 0.29) is 0 Å². The molecular formula is C9H22LiN3. The first-order valence-corrected chi connectivity index (χ1v) is 5.08. The molecule has 13 heavy (non-hydrogen) atoms. The van der Waals surface area contributed by atoms with Gasteiger partial charge in [0.1, 0.15) is 0 Å². The standard InChI is InChI=1S/C9H22N3.Li/c1-10(2)6-8-12(5)9-7-11(3)4;/h1,6-9H2,2-5H3;. The second-order valence-electron chi connectivity index (χ2n) is 4.00. The molecule has 0 fully saturated rings. The van der Waals surface area contributed by atoms with E-state index in [9.17, 15) is 0 Å². The molecule has 0 N–H and O–H groups in total. The molecule has 0 unspecified atom stereocenters. The van der Waals surface area contributed by atoms with Gasteiger partial charge in [-0.05, 0) is 0 Å². The second-order valence-corrected chi connectivity index (χ2v) is 4.00. The van der Waals surface area contributed by atoms with Gasteiger partial charge in [-0.1, -0.05) is 0 Å². The quantitative estimate of drug-likeness (QED) is 0.490. The molecule has 74 valence electrons. The van der Waals surface area contributed by atoms with E-state index in [0.29, 0.717) is 0 Å². The molecule has 0 aromatic carbocycles. The maximum atomic E-state index is 2.38. The Bertz CT molecular complexity index is 119. The van der Waals surface area contributed by atoms with Gasteiger partial charge in [-0.3, -0.25) is 0 Å². The van der Waals surface area contributed by atoms with Gasteiger partial charge in [0.15, 0.2) is 0 Å². The summed E-state index contributed by atoms with van der Waals surface area (Å²) in [5, 5.41) is 1.14. The predicted molar refractivity (Wildman–Crippen MR) is 59.3 cm³/mol. The molecule has 4 heteroatoms. The molecule has 0 amide bonds. The van der Waals surface area contributed by atoms with E-state index >= 15 is 0 Å². The Balaban J connectivity index is 3.34. The summed E-state index contributed by atoms with van der Waals surface area (Å²) in [6.07, 6.45) is 0. The van der Waals surface area contributed by atoms with Crippen molar-refractivity contribution in [1.29, 1.82) is 0 Å². The molecule has 0 aliphatic rings. The summed E-state index contributed by atoms with van der Waals surface area (Å²) in [6, 6.07) is 0. The molecular weight excluding hydrogens is 157 g/mol. The summed E-state index contributed by atoms with van der Waals surface area (Å²) in [6.45, 7) is 4.63. The van der Waals surface area contributed by atoms with Gasteiger partial charge < -0.3 is 0 Å². The summed E-state index contributed by atoms with van der Waals surface area (Å²) in [5.74, 6) is 0. The number of nitrogens with zero attached hydrogens (tertiary/aromatic N) is 3. The molecule has 0 spiro atoms. The van der Waals surface area contributed by atoms with Crippen molar-refractivity contribution in [3.63, 3.8) is 0 Å². The van der Waals surface area contributed by atoms with E-state index in [1.54, 1.807) is 0 Å². The molecule has 0 aromatic heterocycles. The third kappa shape index (κ3) is 8.80. The van der Waals surface area contributed by atoms with Crippen LogP contribution in [0.15, 0.2) is 0 Å². The molecule has 3 nitrogen and oxygen atoms in total. The van der Waals surface area contributed by atoms with Crippen LogP contribution in [0.3, 0.4) is 0 Å². The van der Waals surface area contributed by atoms with Crippen LogP contribution in [-0.4, -0.2) is 92.0 Å². The first kappa shape index (κ1) is 13.5. The zero-order chi connectivity index (χ0) is 10.3. The summed E-state index contributed by atoms with van der Waals surface area (Å²) in [7, 11) is 8.59. The number of rotatable bonds is 7. The molecule has 0 saturated heterocycles. The van der Waals surface area contributed by atoms with Crippen molar-refractivity contribution in [3.05, 3.63) is 0 Å². The molecule has 0 heterocycles. The first-order chi connectivity index (χ1) is 6.06. The topological polar surface area (TPSA) is 9.72 Å². The molecule has 0 radical (unpaired) electrons. The van der Waals surface area contributed by atoms with E-state index in [1.807, 2.05) is 0 Å². The zero-order valence-corrected chi connectivity index (χ0v) is 9.88. The number of hydrogen-bond acceptors (Lipinski definition) is 3. The minimum atomic E-state index is 1.14. The molecule has 0 aliphatic carbocycles. The van der Waals surface area contributed by atoms with Gasteiger partial charge >= 0.3 is 92.0 Å². The van der Waals surface area contributed by atoms with E-state index in [2.05, 4.69) is 60.6 Å². The van der Waals surface area contributed by atoms with Gasteiger partial charge in [-0.15, -0.1) is 0 Å². The average Bonchev–Trinajstić information content (AvgIpc) is 2.10. The van der Waals surface area contributed by atoms with Crippen LogP contribution in [0.4, 0.5) is 0 Å². The summed E-state index contributed by atoms with van der Waals surface area (Å²) in [4.78, 5) is 6.94. The van der Waals surface area contributed by atoms with E-state index < -0.39 is 0 Å². The third-order valence-electron chi connectivity index (χ3n) is 2.33. The first-order valence-electron chi connectivity index (χ1n) is 5.08. The van der Waals surface area contributed by atoms with Gasteiger partial charge in [0.05, 0.1) is 0 Å². The van der Waals surface area contributed by atoms with E-state index in [4.69, 9.17) is 0 Å². The van der Waals surface area contributed by atoms with E-state index in [0.717, 1.165) is 24.9 Å². The Morgan fingerprint density at radius 1 is 0.769 bits per heavy atom. The van der Waals surface area contributed by atoms with Gasteiger partial charge in [-0.25, -0.2) is 0 Å². The monoisotopic (exact) mass is 179 g/mol. The van der Waals surface area contributed by atoms with Crippen molar-refractivity contribution in [2.45, 2.75) is 0 Å². The van der Waals surface area contributed by atoms with Crippen LogP contribution in [0.1, 0.15) is 0 Å². The normalized spacial score (nSPS) is 12.1. The number of hydrogen-bond donors (Lipinski definition) is 0. The van der Waals surface area contributed by atoms with Gasteiger partial charge in [-0.2, -0.15) is 0 Å². The zero-order valence-electron chi connectivity index (χ0n) is 9.88. The van der Waals surface area contributed by atoms with Gasteiger partial charge in [0.25, 0.3) is 0 Å². The maximum absolute atomic E-state index is 2.38. The Labute approximate surface area is 92.3 Å². The van der Waals surface area contributed by atoms with Crippen LogP contribution in [0.25, 0.3) is 0 Å². The molecule has 0 aliphatic heterocycles. The summed E-state index contributed by atoms with van der Waals surface area (Å²) < 4.78 is 0.